The van der Waals surface area contributed by atoms with E-state index in [2.05, 4.69) is 207 Å². The van der Waals surface area contributed by atoms with E-state index in [9.17, 15) is 0 Å². The van der Waals surface area contributed by atoms with Gasteiger partial charge in [0.25, 0.3) is 0 Å². The highest BCUT2D eigenvalue weighted by atomic mass is 14.9. The maximum Gasteiger partial charge on any atom is 0.0738 e. The van der Waals surface area contributed by atoms with Gasteiger partial charge in [-0.05, 0) is 147 Å². The fourth-order valence-electron chi connectivity index (χ4n) is 8.72. The number of allylic oxidation sites excluding steroid dienone is 12. The summed E-state index contributed by atoms with van der Waals surface area (Å²) >= 11 is 0. The van der Waals surface area contributed by atoms with Gasteiger partial charge in [0.1, 0.15) is 0 Å². The molecule has 4 heteroatoms. The molecule has 3 aromatic rings. The summed E-state index contributed by atoms with van der Waals surface area (Å²) in [6.07, 6.45) is 19.3. The van der Waals surface area contributed by atoms with Crippen molar-refractivity contribution in [1.82, 2.24) is 0 Å². The number of hydrogen-bond acceptors (Lipinski definition) is 4. The Morgan fingerprint density at radius 2 is 0.738 bits per heavy atom. The van der Waals surface area contributed by atoms with Crippen molar-refractivity contribution in [3.8, 4) is 0 Å². The summed E-state index contributed by atoms with van der Waals surface area (Å²) in [5.74, 6) is 0. The maximum absolute atomic E-state index is 5.59. The van der Waals surface area contributed by atoms with Crippen molar-refractivity contribution in [2.24, 2.45) is 20.0 Å². The van der Waals surface area contributed by atoms with Crippen LogP contribution in [-0.2, 0) is 21.7 Å². The molecular weight excluding hydrogens is 741 g/mol. The molecule has 0 atom stereocenters. The van der Waals surface area contributed by atoms with Crippen molar-refractivity contribution in [3.63, 3.8) is 0 Å². The Hall–Kier alpha value is -5.74. The van der Waals surface area contributed by atoms with Crippen molar-refractivity contribution in [1.29, 1.82) is 0 Å². The average Bonchev–Trinajstić information content (AvgIpc) is 3.98. The minimum Gasteiger partial charge on any atom is -0.248 e. The Labute approximate surface area is 365 Å². The SMILES string of the molecule is Cc1cc(C)c(C2=C3C=CC(=N3)C(c3cc(C(C)(C)C)cc(C(C)(C)C)c3)=C3C=CC(=N3)C=C3C=CC(=N3)C(c3cc(C(C)(C)C)cc(C(C)(C)C)c3)=C3C=CC2=N3)c(C)c1. The van der Waals surface area contributed by atoms with Crippen LogP contribution in [-0.4, -0.2) is 22.8 Å². The third-order valence-corrected chi connectivity index (χ3v) is 12.3. The highest BCUT2D eigenvalue weighted by molar-refractivity contribution is 6.38. The zero-order valence-electron chi connectivity index (χ0n) is 39.1. The van der Waals surface area contributed by atoms with Crippen LogP contribution in [0.15, 0.2) is 146 Å². The molecule has 0 saturated heterocycles. The van der Waals surface area contributed by atoms with Gasteiger partial charge in [0.05, 0.1) is 45.6 Å². The quantitative estimate of drug-likeness (QED) is 0.253. The van der Waals surface area contributed by atoms with Gasteiger partial charge in [-0.25, -0.2) is 20.0 Å². The minimum absolute atomic E-state index is 0.0557. The first-order chi connectivity index (χ1) is 28.4. The topological polar surface area (TPSA) is 49.4 Å². The molecule has 5 aliphatic rings. The lowest BCUT2D eigenvalue weighted by molar-refractivity contribution is 0.567. The molecule has 0 spiro atoms. The van der Waals surface area contributed by atoms with Gasteiger partial charge < -0.3 is 0 Å². The summed E-state index contributed by atoms with van der Waals surface area (Å²) in [6, 6.07) is 18.7. The van der Waals surface area contributed by atoms with Gasteiger partial charge in [-0.1, -0.05) is 137 Å². The van der Waals surface area contributed by atoms with E-state index in [1.165, 1.54) is 38.9 Å². The van der Waals surface area contributed by atoms with E-state index in [1.807, 2.05) is 0 Å². The predicted octanol–water partition coefficient (Wildman–Crippen LogP) is 14.3. The van der Waals surface area contributed by atoms with Crippen LogP contribution < -0.4 is 0 Å². The van der Waals surface area contributed by atoms with Crippen LogP contribution in [0.3, 0.4) is 0 Å². The summed E-state index contributed by atoms with van der Waals surface area (Å²) in [5, 5.41) is 0. The molecule has 61 heavy (non-hydrogen) atoms. The molecule has 0 aromatic heterocycles. The summed E-state index contributed by atoms with van der Waals surface area (Å²) in [7, 11) is 0. The smallest absolute Gasteiger partial charge is 0.0738 e. The number of rotatable bonds is 3. The van der Waals surface area contributed by atoms with E-state index in [0.29, 0.717) is 0 Å². The van der Waals surface area contributed by atoms with Crippen LogP contribution in [0.4, 0.5) is 0 Å². The second kappa shape index (κ2) is 14.7. The van der Waals surface area contributed by atoms with Crippen LogP contribution >= 0.6 is 0 Å². The van der Waals surface area contributed by atoms with Gasteiger partial charge in [0.2, 0.25) is 0 Å². The van der Waals surface area contributed by atoms with Gasteiger partial charge in [0.15, 0.2) is 0 Å². The molecule has 3 aromatic carbocycles. The fraction of sp³-hybridized carbons (Fsp3) is 0.333. The predicted molar refractivity (Wildman–Crippen MR) is 263 cm³/mol. The second-order valence-corrected chi connectivity index (χ2v) is 21.6. The number of aliphatic imine (C=N–C) groups is 4. The highest BCUT2D eigenvalue weighted by Gasteiger charge is 2.30. The highest BCUT2D eigenvalue weighted by Crippen LogP contribution is 2.41. The second-order valence-electron chi connectivity index (χ2n) is 21.6. The third-order valence-electron chi connectivity index (χ3n) is 12.3. The minimum atomic E-state index is -0.0557. The molecule has 5 heterocycles. The van der Waals surface area contributed by atoms with Crippen LogP contribution in [0.5, 0.6) is 0 Å². The van der Waals surface area contributed by atoms with E-state index in [0.717, 1.165) is 79.0 Å². The van der Waals surface area contributed by atoms with Crippen molar-refractivity contribution >= 4 is 39.6 Å². The van der Waals surface area contributed by atoms with E-state index < -0.39 is 0 Å². The zero-order valence-corrected chi connectivity index (χ0v) is 39.1. The Morgan fingerprint density at radius 1 is 0.361 bits per heavy atom. The Kier molecular flexibility index (Phi) is 10.1. The number of benzene rings is 3. The zero-order chi connectivity index (χ0) is 44.0. The van der Waals surface area contributed by atoms with Gasteiger partial charge >= 0.3 is 0 Å². The molecule has 8 rings (SSSR count). The molecule has 0 aliphatic carbocycles. The lowest BCUT2D eigenvalue weighted by Gasteiger charge is -2.27. The third kappa shape index (κ3) is 8.22. The molecule has 5 aliphatic heterocycles. The van der Waals surface area contributed by atoms with Crippen molar-refractivity contribution < 1.29 is 0 Å². The molecule has 0 amide bonds. The molecule has 0 unspecified atom stereocenters. The van der Waals surface area contributed by atoms with E-state index in [4.69, 9.17) is 20.0 Å². The normalized spacial score (nSPS) is 17.8. The first kappa shape index (κ1) is 42.0. The molecule has 0 fully saturated rings. The van der Waals surface area contributed by atoms with Crippen LogP contribution in [0.1, 0.15) is 139 Å². The number of hydrogen-bond donors (Lipinski definition) is 0. The molecule has 0 N–H and O–H groups in total. The Balaban J connectivity index is 1.46. The van der Waals surface area contributed by atoms with Gasteiger partial charge in [-0.2, -0.15) is 0 Å². The molecule has 0 saturated carbocycles. The lowest BCUT2D eigenvalue weighted by Crippen LogP contribution is -2.17. The number of fused-ring (bicyclic) bond motifs is 4. The van der Waals surface area contributed by atoms with E-state index >= 15 is 0 Å². The standard InChI is InChI=1S/C57H62N4/c1-33-24-34(2)50(35(3)25-33)53-48-22-20-46(60-48)51(36-26-38(54(4,5)6)30-39(27-36)55(7,8)9)44-18-16-42(58-44)32-43-17-19-45(59-43)52(47-21-23-49(53)61-47)37-28-40(56(10,11)12)31-41(29-37)57(13,14)15/h16-32H,1-15H3. The molecular formula is C57H62N4. The van der Waals surface area contributed by atoms with Gasteiger partial charge in [-0.15, -0.1) is 0 Å². The summed E-state index contributed by atoms with van der Waals surface area (Å²) in [5.41, 5.74) is 22.1. The van der Waals surface area contributed by atoms with Crippen LogP contribution in [0, 0.1) is 20.8 Å². The monoisotopic (exact) mass is 802 g/mol. The summed E-state index contributed by atoms with van der Waals surface area (Å²) in [4.78, 5) is 21.8. The maximum atomic E-state index is 5.59. The van der Waals surface area contributed by atoms with Gasteiger partial charge in [-0.3, -0.25) is 0 Å². The van der Waals surface area contributed by atoms with Crippen molar-refractivity contribution in [2.75, 3.05) is 0 Å². The molecule has 8 bridgehead atoms. The average molecular weight is 803 g/mol. The lowest BCUT2D eigenvalue weighted by atomic mass is 9.78. The van der Waals surface area contributed by atoms with E-state index in [1.54, 1.807) is 0 Å². The first-order valence-corrected chi connectivity index (χ1v) is 21.9. The van der Waals surface area contributed by atoms with Crippen LogP contribution in [0.2, 0.25) is 0 Å². The van der Waals surface area contributed by atoms with Crippen molar-refractivity contribution in [3.05, 3.63) is 182 Å². The Bertz CT molecular complexity index is 2650. The van der Waals surface area contributed by atoms with Gasteiger partial charge in [0, 0.05) is 16.7 Å². The first-order valence-electron chi connectivity index (χ1n) is 21.9. The van der Waals surface area contributed by atoms with E-state index in [-0.39, 0.29) is 21.7 Å². The largest absolute Gasteiger partial charge is 0.248 e. The molecule has 310 valence electrons. The molecule has 4 nitrogen and oxygen atoms in total. The summed E-state index contributed by atoms with van der Waals surface area (Å²) in [6.45, 7) is 34.1. The fourth-order valence-corrected chi connectivity index (χ4v) is 8.72. The summed E-state index contributed by atoms with van der Waals surface area (Å²) < 4.78 is 0. The number of nitrogens with zero attached hydrogens (tertiary/aromatic N) is 4. The van der Waals surface area contributed by atoms with Crippen LogP contribution in [0.25, 0.3) is 16.7 Å². The number of aryl methyl sites for hydroxylation is 3. The molecule has 0 radical (unpaired) electrons. The Morgan fingerprint density at radius 3 is 1.20 bits per heavy atom. The van der Waals surface area contributed by atoms with Crippen molar-refractivity contribution in [2.45, 2.75) is 126 Å².